The number of benzene rings is 2. The van der Waals surface area contributed by atoms with Crippen LogP contribution in [0.3, 0.4) is 0 Å². The summed E-state index contributed by atoms with van der Waals surface area (Å²) >= 11 is 7.85. The summed E-state index contributed by atoms with van der Waals surface area (Å²) in [7, 11) is 0. The van der Waals surface area contributed by atoms with Gasteiger partial charge in [-0.2, -0.15) is 0 Å². The van der Waals surface area contributed by atoms with E-state index in [4.69, 9.17) is 11.6 Å². The normalized spacial score (nSPS) is 20.7. The molecular weight excluding hydrogens is 528 g/mol. The lowest BCUT2D eigenvalue weighted by molar-refractivity contribution is -0.130. The van der Waals surface area contributed by atoms with E-state index in [1.165, 1.54) is 0 Å². The third-order valence-electron chi connectivity index (χ3n) is 7.93. The summed E-state index contributed by atoms with van der Waals surface area (Å²) in [6, 6.07) is 19.8. The Morgan fingerprint density at radius 2 is 1.82 bits per heavy atom. The van der Waals surface area contributed by atoms with Gasteiger partial charge in [-0.05, 0) is 53.6 Å². The molecule has 0 radical (unpaired) electrons. The van der Waals surface area contributed by atoms with Crippen LogP contribution in [0.5, 0.6) is 0 Å². The van der Waals surface area contributed by atoms with E-state index in [-0.39, 0.29) is 29.7 Å². The van der Waals surface area contributed by atoms with Gasteiger partial charge in [0.05, 0.1) is 24.0 Å². The highest BCUT2D eigenvalue weighted by Crippen LogP contribution is 2.48. The Labute approximate surface area is 238 Å². The number of hydrogen-bond acceptors (Lipinski definition) is 6. The molecule has 3 aromatic rings. The molecule has 0 spiro atoms. The van der Waals surface area contributed by atoms with E-state index in [9.17, 15) is 9.59 Å². The first-order valence-corrected chi connectivity index (χ1v) is 14.8. The number of para-hydroxylation sites is 2. The Morgan fingerprint density at radius 3 is 2.56 bits per heavy atom. The van der Waals surface area contributed by atoms with Crippen molar-refractivity contribution in [2.75, 3.05) is 47.8 Å². The number of ketones is 1. The van der Waals surface area contributed by atoms with Crippen molar-refractivity contribution < 1.29 is 9.59 Å². The Bertz CT molecular complexity index is 1430. The second-order valence-corrected chi connectivity index (χ2v) is 12.8. The van der Waals surface area contributed by atoms with Gasteiger partial charge in [-0.1, -0.05) is 49.7 Å². The fourth-order valence-electron chi connectivity index (χ4n) is 6.10. The maximum atomic E-state index is 13.9. The zero-order valence-electron chi connectivity index (χ0n) is 22.3. The number of Topliss-reactive ketones (excluding diaryl/α,β-unsaturated/α-hetero) is 1. The van der Waals surface area contributed by atoms with E-state index >= 15 is 0 Å². The second kappa shape index (κ2) is 10.4. The van der Waals surface area contributed by atoms with Crippen LogP contribution in [0.15, 0.2) is 77.3 Å². The molecule has 1 saturated heterocycles. The Kier molecular flexibility index (Phi) is 6.89. The smallest absolute Gasteiger partial charge is 0.242 e. The Morgan fingerprint density at radius 1 is 1.03 bits per heavy atom. The maximum Gasteiger partial charge on any atom is 0.242 e. The zero-order valence-corrected chi connectivity index (χ0v) is 23.9. The SMILES string of the molecule is CC1(C)CC(=O)C2=C(C1)Nc1ccccc1N(CC(=O)N1CCN(c3cccc(Cl)c3)CC1)C2c1cccs1. The average molecular weight is 561 g/mol. The van der Waals surface area contributed by atoms with Crippen molar-refractivity contribution in [2.45, 2.75) is 32.7 Å². The molecule has 1 aliphatic carbocycles. The van der Waals surface area contributed by atoms with Gasteiger partial charge in [0.2, 0.25) is 5.91 Å². The van der Waals surface area contributed by atoms with Crippen molar-refractivity contribution >= 4 is 51.7 Å². The van der Waals surface area contributed by atoms with E-state index in [0.717, 1.165) is 52.7 Å². The molecule has 202 valence electrons. The number of fused-ring (bicyclic) bond motifs is 1. The minimum atomic E-state index is -0.309. The van der Waals surface area contributed by atoms with Crippen molar-refractivity contribution in [1.29, 1.82) is 0 Å². The molecule has 1 aromatic heterocycles. The van der Waals surface area contributed by atoms with Crippen LogP contribution in [-0.4, -0.2) is 49.3 Å². The first kappa shape index (κ1) is 26.0. The number of amides is 1. The van der Waals surface area contributed by atoms with E-state index in [1.807, 2.05) is 52.7 Å². The summed E-state index contributed by atoms with van der Waals surface area (Å²) < 4.78 is 0. The van der Waals surface area contributed by atoms with Gasteiger partial charge < -0.3 is 20.0 Å². The molecule has 0 bridgehead atoms. The van der Waals surface area contributed by atoms with Gasteiger partial charge in [0.25, 0.3) is 0 Å². The fourth-order valence-corrected chi connectivity index (χ4v) is 7.13. The first-order chi connectivity index (χ1) is 18.8. The number of allylic oxidation sites excluding steroid dienone is 1. The summed E-state index contributed by atoms with van der Waals surface area (Å²) in [4.78, 5) is 35.1. The van der Waals surface area contributed by atoms with E-state index in [0.29, 0.717) is 24.5 Å². The van der Waals surface area contributed by atoms with Gasteiger partial charge in [0, 0.05) is 59.5 Å². The van der Waals surface area contributed by atoms with Crippen LogP contribution in [-0.2, 0) is 9.59 Å². The molecule has 3 aliphatic rings. The van der Waals surface area contributed by atoms with Crippen LogP contribution in [0, 0.1) is 5.41 Å². The molecular formula is C31H33ClN4O2S. The number of anilines is 3. The van der Waals surface area contributed by atoms with Gasteiger partial charge in [0.15, 0.2) is 5.78 Å². The summed E-state index contributed by atoms with van der Waals surface area (Å²) in [6.07, 6.45) is 1.29. The molecule has 1 unspecified atom stereocenters. The summed E-state index contributed by atoms with van der Waals surface area (Å²) in [5, 5.41) is 6.39. The molecule has 1 fully saturated rings. The molecule has 1 N–H and O–H groups in total. The number of carbonyl (C=O) groups is 2. The predicted octanol–water partition coefficient (Wildman–Crippen LogP) is 6.37. The first-order valence-electron chi connectivity index (χ1n) is 13.5. The monoisotopic (exact) mass is 560 g/mol. The van der Waals surface area contributed by atoms with Crippen molar-refractivity contribution in [3.05, 3.63) is 87.2 Å². The standard InChI is InChI=1S/C31H33ClN4O2S/c1-31(2)18-24-29(26(37)19-31)30(27-11-6-16-39-27)36(25-10-4-3-9-23(25)33-24)20-28(38)35-14-12-34(13-15-35)22-8-5-7-21(32)17-22/h3-11,16-17,30,33H,12-15,18-20H2,1-2H3. The molecule has 6 rings (SSSR count). The molecule has 3 heterocycles. The van der Waals surface area contributed by atoms with Crippen LogP contribution >= 0.6 is 22.9 Å². The van der Waals surface area contributed by atoms with Gasteiger partial charge in [-0.15, -0.1) is 11.3 Å². The van der Waals surface area contributed by atoms with Crippen molar-refractivity contribution in [2.24, 2.45) is 5.41 Å². The van der Waals surface area contributed by atoms with Crippen molar-refractivity contribution in [3.63, 3.8) is 0 Å². The van der Waals surface area contributed by atoms with Gasteiger partial charge in [0.1, 0.15) is 0 Å². The maximum absolute atomic E-state index is 13.9. The molecule has 1 amide bonds. The van der Waals surface area contributed by atoms with Crippen LogP contribution in [0.2, 0.25) is 5.02 Å². The van der Waals surface area contributed by atoms with E-state index < -0.39 is 0 Å². The largest absolute Gasteiger partial charge is 0.368 e. The van der Waals surface area contributed by atoms with Crippen molar-refractivity contribution in [1.82, 2.24) is 4.90 Å². The molecule has 6 nitrogen and oxygen atoms in total. The topological polar surface area (TPSA) is 55.9 Å². The lowest BCUT2D eigenvalue weighted by Crippen LogP contribution is -2.52. The number of nitrogens with zero attached hydrogens (tertiary/aromatic N) is 3. The minimum absolute atomic E-state index is 0.0738. The number of hydrogen-bond donors (Lipinski definition) is 1. The molecule has 0 saturated carbocycles. The highest BCUT2D eigenvalue weighted by atomic mass is 35.5. The van der Waals surface area contributed by atoms with Gasteiger partial charge >= 0.3 is 0 Å². The second-order valence-electron chi connectivity index (χ2n) is 11.4. The van der Waals surface area contributed by atoms with Crippen LogP contribution in [0.25, 0.3) is 0 Å². The zero-order chi connectivity index (χ0) is 27.1. The molecule has 39 heavy (non-hydrogen) atoms. The van der Waals surface area contributed by atoms with Gasteiger partial charge in [-0.3, -0.25) is 9.59 Å². The third-order valence-corrected chi connectivity index (χ3v) is 9.09. The average Bonchev–Trinajstić information content (AvgIpc) is 3.40. The third kappa shape index (κ3) is 5.18. The predicted molar refractivity (Wildman–Crippen MR) is 160 cm³/mol. The van der Waals surface area contributed by atoms with Gasteiger partial charge in [-0.25, -0.2) is 0 Å². The van der Waals surface area contributed by atoms with Crippen LogP contribution < -0.4 is 15.1 Å². The van der Waals surface area contributed by atoms with E-state index in [2.05, 4.69) is 47.2 Å². The summed E-state index contributed by atoms with van der Waals surface area (Å²) in [5.41, 5.74) is 4.62. The van der Waals surface area contributed by atoms with Crippen molar-refractivity contribution in [3.8, 4) is 0 Å². The van der Waals surface area contributed by atoms with Crippen LogP contribution in [0.4, 0.5) is 17.1 Å². The number of thiophene rings is 1. The molecule has 2 aliphatic heterocycles. The highest BCUT2D eigenvalue weighted by molar-refractivity contribution is 7.10. The van der Waals surface area contributed by atoms with Crippen LogP contribution in [0.1, 0.15) is 37.6 Å². The minimum Gasteiger partial charge on any atom is -0.368 e. The lowest BCUT2D eigenvalue weighted by atomic mass is 9.74. The quantitative estimate of drug-likeness (QED) is 0.402. The number of halogens is 1. The Balaban J connectivity index is 1.31. The highest BCUT2D eigenvalue weighted by Gasteiger charge is 2.42. The van der Waals surface area contributed by atoms with E-state index in [1.54, 1.807) is 11.3 Å². The number of carbonyl (C=O) groups excluding carboxylic acids is 2. The number of nitrogens with one attached hydrogen (secondary N) is 1. The molecule has 2 aromatic carbocycles. The summed E-state index contributed by atoms with van der Waals surface area (Å²) in [5.74, 6) is 0.234. The Hall–Kier alpha value is -3.29. The number of piperazine rings is 1. The molecule has 8 heteroatoms. The summed E-state index contributed by atoms with van der Waals surface area (Å²) in [6.45, 7) is 7.29. The number of rotatable bonds is 4. The fraction of sp³-hybridized carbons (Fsp3) is 0.355. The molecule has 1 atom stereocenters. The lowest BCUT2D eigenvalue weighted by Gasteiger charge is -2.40.